The van der Waals surface area contributed by atoms with Crippen LogP contribution in [-0.4, -0.2) is 8.42 Å². The van der Waals surface area contributed by atoms with E-state index in [1.165, 1.54) is 6.08 Å². The highest BCUT2D eigenvalue weighted by Gasteiger charge is 2.30. The minimum Gasteiger partial charge on any atom is -0.280 e. The number of rotatable bonds is 4. The maximum atomic E-state index is 12.4. The molecule has 0 heterocycles. The summed E-state index contributed by atoms with van der Waals surface area (Å²) in [7, 11) is -3.79. The summed E-state index contributed by atoms with van der Waals surface area (Å²) in [5.41, 5.74) is -0.0821. The zero-order valence-corrected chi connectivity index (χ0v) is 12.0. The third-order valence-corrected chi connectivity index (χ3v) is 3.73. The first-order chi connectivity index (χ1) is 10.3. The minimum atomic E-state index is -4.45. The Morgan fingerprint density at radius 2 is 1.50 bits per heavy atom. The van der Waals surface area contributed by atoms with Crippen molar-refractivity contribution in [2.75, 3.05) is 4.72 Å². The molecule has 1 N–H and O–H groups in total. The fourth-order valence-electron chi connectivity index (χ4n) is 1.66. The fourth-order valence-corrected chi connectivity index (χ4v) is 2.53. The molecule has 0 aliphatic rings. The molecule has 7 heteroatoms. The smallest absolute Gasteiger partial charge is 0.280 e. The molecule has 0 saturated heterocycles. The number of nitrogens with one attached hydrogen (secondary N) is 1. The van der Waals surface area contributed by atoms with E-state index >= 15 is 0 Å². The average molecular weight is 327 g/mol. The van der Waals surface area contributed by atoms with Gasteiger partial charge in [0, 0.05) is 5.69 Å². The topological polar surface area (TPSA) is 46.2 Å². The van der Waals surface area contributed by atoms with E-state index in [2.05, 4.69) is 4.72 Å². The summed E-state index contributed by atoms with van der Waals surface area (Å²) in [5.74, 6) is 0. The summed E-state index contributed by atoms with van der Waals surface area (Å²) in [4.78, 5) is 0. The van der Waals surface area contributed by atoms with Gasteiger partial charge in [0.05, 0.1) is 11.0 Å². The maximum absolute atomic E-state index is 12.4. The van der Waals surface area contributed by atoms with Crippen LogP contribution < -0.4 is 4.72 Å². The average Bonchev–Trinajstić information content (AvgIpc) is 2.46. The second-order valence-electron chi connectivity index (χ2n) is 4.44. The van der Waals surface area contributed by atoms with Crippen LogP contribution in [0.1, 0.15) is 11.1 Å². The Balaban J connectivity index is 2.10. The zero-order valence-electron chi connectivity index (χ0n) is 11.2. The van der Waals surface area contributed by atoms with E-state index in [9.17, 15) is 21.6 Å². The number of benzene rings is 2. The highest BCUT2D eigenvalue weighted by molar-refractivity contribution is 7.95. The molecular weight excluding hydrogens is 315 g/mol. The van der Waals surface area contributed by atoms with Crippen LogP contribution in [0.5, 0.6) is 0 Å². The second kappa shape index (κ2) is 6.23. The van der Waals surface area contributed by atoms with Gasteiger partial charge in [0.2, 0.25) is 0 Å². The summed E-state index contributed by atoms with van der Waals surface area (Å²) < 4.78 is 63.1. The molecular formula is C15H12F3NO2S. The molecule has 0 radical (unpaired) electrons. The lowest BCUT2D eigenvalue weighted by Crippen LogP contribution is -2.10. The van der Waals surface area contributed by atoms with Crippen LogP contribution in [0, 0.1) is 0 Å². The van der Waals surface area contributed by atoms with Gasteiger partial charge in [-0.1, -0.05) is 30.3 Å². The monoisotopic (exact) mass is 327 g/mol. The highest BCUT2D eigenvalue weighted by atomic mass is 32.2. The lowest BCUT2D eigenvalue weighted by molar-refractivity contribution is -0.137. The lowest BCUT2D eigenvalue weighted by Gasteiger charge is -2.08. The first kappa shape index (κ1) is 16.1. The zero-order chi connectivity index (χ0) is 16.2. The van der Waals surface area contributed by atoms with E-state index in [1.807, 2.05) is 0 Å². The molecule has 0 atom stereocenters. The van der Waals surface area contributed by atoms with Crippen molar-refractivity contribution in [3.05, 3.63) is 71.1 Å². The number of alkyl halides is 3. The van der Waals surface area contributed by atoms with Gasteiger partial charge in [0.15, 0.2) is 0 Å². The number of anilines is 1. The van der Waals surface area contributed by atoms with Gasteiger partial charge in [-0.2, -0.15) is 13.2 Å². The number of hydrogen-bond donors (Lipinski definition) is 1. The van der Waals surface area contributed by atoms with Gasteiger partial charge in [0.25, 0.3) is 10.0 Å². The predicted octanol–water partition coefficient (Wildman–Crippen LogP) is 4.12. The molecule has 3 nitrogen and oxygen atoms in total. The highest BCUT2D eigenvalue weighted by Crippen LogP contribution is 2.29. The molecule has 0 unspecified atom stereocenters. The van der Waals surface area contributed by atoms with E-state index in [1.54, 1.807) is 30.3 Å². The van der Waals surface area contributed by atoms with E-state index in [0.29, 0.717) is 5.56 Å². The molecule has 0 aliphatic heterocycles. The number of sulfonamides is 1. The first-order valence-corrected chi connectivity index (χ1v) is 7.74. The lowest BCUT2D eigenvalue weighted by atomic mass is 10.2. The molecule has 0 spiro atoms. The molecule has 0 aliphatic carbocycles. The molecule has 0 fully saturated rings. The molecule has 2 rings (SSSR count). The van der Waals surface area contributed by atoms with Crippen molar-refractivity contribution in [3.63, 3.8) is 0 Å². The molecule has 2 aromatic rings. The van der Waals surface area contributed by atoms with Crippen LogP contribution in [0.25, 0.3) is 6.08 Å². The molecule has 0 saturated carbocycles. The Hall–Kier alpha value is -2.28. The fraction of sp³-hybridized carbons (Fsp3) is 0.0667. The van der Waals surface area contributed by atoms with Crippen LogP contribution >= 0.6 is 0 Å². The molecule has 2 aromatic carbocycles. The number of halogens is 3. The Labute approximate surface area is 126 Å². The van der Waals surface area contributed by atoms with Crippen LogP contribution in [0.15, 0.2) is 60.0 Å². The standard InChI is InChI=1S/C15H12F3NO2S/c16-15(17,18)13-6-8-14(9-7-13)19-22(20,21)11-10-12-4-2-1-3-5-12/h1-11,19H. The molecule has 0 bridgehead atoms. The predicted molar refractivity (Wildman–Crippen MR) is 79.5 cm³/mol. The van der Waals surface area contributed by atoms with E-state index in [4.69, 9.17) is 0 Å². The van der Waals surface area contributed by atoms with Gasteiger partial charge in [0.1, 0.15) is 0 Å². The Bertz CT molecular complexity index is 752. The van der Waals surface area contributed by atoms with E-state index in [0.717, 1.165) is 29.7 Å². The molecule has 116 valence electrons. The van der Waals surface area contributed by atoms with Crippen LogP contribution in [-0.2, 0) is 16.2 Å². The van der Waals surface area contributed by atoms with Crippen molar-refractivity contribution < 1.29 is 21.6 Å². The van der Waals surface area contributed by atoms with E-state index in [-0.39, 0.29) is 5.69 Å². The van der Waals surface area contributed by atoms with Gasteiger partial charge in [-0.15, -0.1) is 0 Å². The largest absolute Gasteiger partial charge is 0.416 e. The third-order valence-electron chi connectivity index (χ3n) is 2.71. The van der Waals surface area contributed by atoms with Crippen LogP contribution in [0.4, 0.5) is 18.9 Å². The second-order valence-corrected chi connectivity index (χ2v) is 6.00. The summed E-state index contributed by atoms with van der Waals surface area (Å²) in [5, 5.41) is 0.958. The maximum Gasteiger partial charge on any atom is 0.416 e. The molecule has 0 aromatic heterocycles. The van der Waals surface area contributed by atoms with Crippen molar-refractivity contribution >= 4 is 21.8 Å². The van der Waals surface area contributed by atoms with Crippen LogP contribution in [0.2, 0.25) is 0 Å². The summed E-state index contributed by atoms with van der Waals surface area (Å²) in [6.07, 6.45) is -3.06. The van der Waals surface area contributed by atoms with Crippen molar-refractivity contribution in [2.45, 2.75) is 6.18 Å². The Morgan fingerprint density at radius 1 is 0.909 bits per heavy atom. The summed E-state index contributed by atoms with van der Waals surface area (Å²) in [6, 6.07) is 12.5. The Morgan fingerprint density at radius 3 is 2.05 bits per heavy atom. The molecule has 0 amide bonds. The van der Waals surface area contributed by atoms with Crippen molar-refractivity contribution in [3.8, 4) is 0 Å². The summed E-state index contributed by atoms with van der Waals surface area (Å²) in [6.45, 7) is 0. The SMILES string of the molecule is O=S(=O)(C=Cc1ccccc1)Nc1ccc(C(F)(F)F)cc1. The van der Waals surface area contributed by atoms with Crippen molar-refractivity contribution in [1.82, 2.24) is 0 Å². The van der Waals surface area contributed by atoms with Gasteiger partial charge in [-0.3, -0.25) is 4.72 Å². The van der Waals surface area contributed by atoms with E-state index < -0.39 is 21.8 Å². The minimum absolute atomic E-state index is 0.0608. The quantitative estimate of drug-likeness (QED) is 0.918. The van der Waals surface area contributed by atoms with Gasteiger partial charge in [-0.25, -0.2) is 8.42 Å². The number of hydrogen-bond acceptors (Lipinski definition) is 2. The van der Waals surface area contributed by atoms with Gasteiger partial charge < -0.3 is 0 Å². The van der Waals surface area contributed by atoms with Crippen molar-refractivity contribution in [1.29, 1.82) is 0 Å². The van der Waals surface area contributed by atoms with Gasteiger partial charge in [-0.05, 0) is 35.9 Å². The van der Waals surface area contributed by atoms with Crippen molar-refractivity contribution in [2.24, 2.45) is 0 Å². The first-order valence-electron chi connectivity index (χ1n) is 6.19. The Kier molecular flexibility index (Phi) is 4.56. The molecule has 22 heavy (non-hydrogen) atoms. The summed E-state index contributed by atoms with van der Waals surface area (Å²) >= 11 is 0. The van der Waals surface area contributed by atoms with Gasteiger partial charge >= 0.3 is 6.18 Å². The third kappa shape index (κ3) is 4.63. The normalized spacial score (nSPS) is 12.5. The van der Waals surface area contributed by atoms with Crippen LogP contribution in [0.3, 0.4) is 0 Å².